The van der Waals surface area contributed by atoms with Crippen LogP contribution in [0, 0.1) is 6.92 Å². The van der Waals surface area contributed by atoms with E-state index >= 15 is 0 Å². The molecule has 1 fully saturated rings. The maximum absolute atomic E-state index is 5.42. The highest BCUT2D eigenvalue weighted by molar-refractivity contribution is 5.89. The van der Waals surface area contributed by atoms with E-state index in [4.69, 9.17) is 14.4 Å². The number of aryl methyl sites for hydroxylation is 1. The van der Waals surface area contributed by atoms with Gasteiger partial charge in [0.15, 0.2) is 0 Å². The van der Waals surface area contributed by atoms with Crippen LogP contribution in [-0.2, 0) is 6.54 Å². The topological polar surface area (TPSA) is 70.3 Å². The maximum Gasteiger partial charge on any atom is 0.228 e. The third-order valence-electron chi connectivity index (χ3n) is 4.50. The lowest BCUT2D eigenvalue weighted by molar-refractivity contribution is 0.311. The van der Waals surface area contributed by atoms with Crippen LogP contribution in [0.5, 0.6) is 0 Å². The normalized spacial score (nSPS) is 15.7. The Morgan fingerprint density at radius 3 is 2.80 bits per heavy atom. The molecular formula is C18H22N6O. The largest absolute Gasteiger partial charge is 0.467 e. The fourth-order valence-electron chi connectivity index (χ4n) is 2.99. The van der Waals surface area contributed by atoms with Gasteiger partial charge < -0.3 is 19.5 Å². The molecule has 1 aliphatic rings. The first kappa shape index (κ1) is 15.8. The van der Waals surface area contributed by atoms with Crippen molar-refractivity contribution in [1.82, 2.24) is 19.9 Å². The summed E-state index contributed by atoms with van der Waals surface area (Å²) in [5.74, 6) is 2.45. The highest BCUT2D eigenvalue weighted by Gasteiger charge is 2.18. The van der Waals surface area contributed by atoms with E-state index in [2.05, 4.69) is 27.1 Å². The smallest absolute Gasteiger partial charge is 0.228 e. The molecule has 0 atom stereocenters. The number of fused-ring (bicyclic) bond motifs is 1. The molecule has 4 heterocycles. The van der Waals surface area contributed by atoms with Crippen LogP contribution in [0.4, 0.5) is 11.8 Å². The van der Waals surface area contributed by atoms with Gasteiger partial charge in [0.1, 0.15) is 11.6 Å². The van der Waals surface area contributed by atoms with Gasteiger partial charge in [-0.2, -0.15) is 4.98 Å². The molecule has 7 heteroatoms. The van der Waals surface area contributed by atoms with E-state index in [1.165, 1.54) is 0 Å². The summed E-state index contributed by atoms with van der Waals surface area (Å²) >= 11 is 0. The summed E-state index contributed by atoms with van der Waals surface area (Å²) < 4.78 is 5.42. The number of pyridine rings is 1. The van der Waals surface area contributed by atoms with Gasteiger partial charge in [0, 0.05) is 37.3 Å². The van der Waals surface area contributed by atoms with Crippen molar-refractivity contribution in [3.8, 4) is 0 Å². The lowest BCUT2D eigenvalue weighted by Crippen LogP contribution is -2.45. The Balaban J connectivity index is 1.68. The third kappa shape index (κ3) is 3.41. The molecule has 1 saturated heterocycles. The molecule has 7 nitrogen and oxygen atoms in total. The van der Waals surface area contributed by atoms with Crippen molar-refractivity contribution in [3.63, 3.8) is 0 Å². The molecule has 4 rings (SSSR count). The fourth-order valence-corrected chi connectivity index (χ4v) is 2.99. The summed E-state index contributed by atoms with van der Waals surface area (Å²) in [6.45, 7) is 6.45. The molecule has 1 aliphatic heterocycles. The second-order valence-corrected chi connectivity index (χ2v) is 6.44. The summed E-state index contributed by atoms with van der Waals surface area (Å²) in [7, 11) is 2.14. The average Bonchev–Trinajstić information content (AvgIpc) is 3.14. The van der Waals surface area contributed by atoms with E-state index in [1.54, 1.807) is 6.26 Å². The zero-order valence-corrected chi connectivity index (χ0v) is 14.6. The molecule has 3 aromatic heterocycles. The van der Waals surface area contributed by atoms with Crippen molar-refractivity contribution in [2.24, 2.45) is 0 Å². The Kier molecular flexibility index (Phi) is 4.23. The van der Waals surface area contributed by atoms with Crippen LogP contribution < -0.4 is 10.2 Å². The van der Waals surface area contributed by atoms with Crippen molar-refractivity contribution in [2.45, 2.75) is 13.5 Å². The Labute approximate surface area is 146 Å². The summed E-state index contributed by atoms with van der Waals surface area (Å²) in [6, 6.07) is 5.86. The van der Waals surface area contributed by atoms with E-state index < -0.39 is 0 Å². The second-order valence-electron chi connectivity index (χ2n) is 6.44. The van der Waals surface area contributed by atoms with Crippen molar-refractivity contribution < 1.29 is 4.42 Å². The average molecular weight is 338 g/mol. The molecule has 0 aromatic carbocycles. The predicted octanol–water partition coefficient (Wildman–Crippen LogP) is 2.29. The van der Waals surface area contributed by atoms with Crippen molar-refractivity contribution in [2.75, 3.05) is 43.4 Å². The quantitative estimate of drug-likeness (QED) is 0.782. The number of aromatic nitrogens is 3. The van der Waals surface area contributed by atoms with Gasteiger partial charge in [-0.3, -0.25) is 4.98 Å². The van der Waals surface area contributed by atoms with E-state index in [9.17, 15) is 0 Å². The summed E-state index contributed by atoms with van der Waals surface area (Å²) in [5.41, 5.74) is 1.81. The summed E-state index contributed by atoms with van der Waals surface area (Å²) in [6.07, 6.45) is 3.50. The SMILES string of the molecule is Cc1cc2c(NCc3ccco3)nc(N3CCN(C)CC3)nc2cn1. The number of nitrogens with zero attached hydrogens (tertiary/aromatic N) is 5. The Morgan fingerprint density at radius 1 is 1.20 bits per heavy atom. The number of likely N-dealkylation sites (N-methyl/N-ethyl adjacent to an activating group) is 1. The second kappa shape index (κ2) is 6.68. The van der Waals surface area contributed by atoms with Gasteiger partial charge in [0.2, 0.25) is 5.95 Å². The van der Waals surface area contributed by atoms with E-state index in [0.717, 1.165) is 60.3 Å². The number of hydrogen-bond acceptors (Lipinski definition) is 7. The molecule has 25 heavy (non-hydrogen) atoms. The maximum atomic E-state index is 5.42. The van der Waals surface area contributed by atoms with Crippen LogP contribution in [0.3, 0.4) is 0 Å². The number of hydrogen-bond donors (Lipinski definition) is 1. The summed E-state index contributed by atoms with van der Waals surface area (Å²) in [4.78, 5) is 18.5. The molecule has 0 radical (unpaired) electrons. The van der Waals surface area contributed by atoms with Gasteiger partial charge >= 0.3 is 0 Å². The van der Waals surface area contributed by atoms with Crippen LogP contribution in [-0.4, -0.2) is 53.1 Å². The van der Waals surface area contributed by atoms with E-state index in [1.807, 2.05) is 31.3 Å². The van der Waals surface area contributed by atoms with Crippen LogP contribution >= 0.6 is 0 Å². The van der Waals surface area contributed by atoms with Gasteiger partial charge in [-0.1, -0.05) is 0 Å². The number of nitrogens with one attached hydrogen (secondary N) is 1. The Bertz CT molecular complexity index is 855. The third-order valence-corrected chi connectivity index (χ3v) is 4.50. The Hall–Kier alpha value is -2.67. The molecule has 0 aliphatic carbocycles. The number of rotatable bonds is 4. The number of furan rings is 1. The zero-order valence-electron chi connectivity index (χ0n) is 14.6. The minimum absolute atomic E-state index is 0.586. The van der Waals surface area contributed by atoms with E-state index in [0.29, 0.717) is 6.54 Å². The van der Waals surface area contributed by atoms with Crippen molar-refractivity contribution >= 4 is 22.7 Å². The van der Waals surface area contributed by atoms with Crippen molar-refractivity contribution in [3.05, 3.63) is 42.1 Å². The van der Waals surface area contributed by atoms with Gasteiger partial charge in [0.25, 0.3) is 0 Å². The molecule has 3 aromatic rings. The van der Waals surface area contributed by atoms with E-state index in [-0.39, 0.29) is 0 Å². The molecule has 0 amide bonds. The van der Waals surface area contributed by atoms with Crippen LogP contribution in [0.25, 0.3) is 10.9 Å². The first-order valence-corrected chi connectivity index (χ1v) is 8.53. The van der Waals surface area contributed by atoms with Crippen LogP contribution in [0.2, 0.25) is 0 Å². The molecule has 0 saturated carbocycles. The minimum atomic E-state index is 0.586. The number of anilines is 2. The van der Waals surface area contributed by atoms with Crippen LogP contribution in [0.1, 0.15) is 11.5 Å². The summed E-state index contributed by atoms with van der Waals surface area (Å²) in [5, 5.41) is 4.38. The highest BCUT2D eigenvalue weighted by atomic mass is 16.3. The lowest BCUT2D eigenvalue weighted by atomic mass is 10.2. The molecule has 1 N–H and O–H groups in total. The van der Waals surface area contributed by atoms with Gasteiger partial charge in [-0.05, 0) is 32.2 Å². The minimum Gasteiger partial charge on any atom is -0.467 e. The highest BCUT2D eigenvalue weighted by Crippen LogP contribution is 2.25. The first-order chi connectivity index (χ1) is 12.2. The molecule has 0 unspecified atom stereocenters. The molecule has 0 spiro atoms. The Morgan fingerprint density at radius 2 is 2.04 bits per heavy atom. The molecule has 130 valence electrons. The van der Waals surface area contributed by atoms with Gasteiger partial charge in [-0.15, -0.1) is 0 Å². The molecule has 0 bridgehead atoms. The van der Waals surface area contributed by atoms with Crippen molar-refractivity contribution in [1.29, 1.82) is 0 Å². The molecular weight excluding hydrogens is 316 g/mol. The zero-order chi connectivity index (χ0) is 17.2. The van der Waals surface area contributed by atoms with Crippen LogP contribution in [0.15, 0.2) is 35.1 Å². The monoisotopic (exact) mass is 338 g/mol. The first-order valence-electron chi connectivity index (χ1n) is 8.53. The lowest BCUT2D eigenvalue weighted by Gasteiger charge is -2.32. The predicted molar refractivity (Wildman–Crippen MR) is 97.8 cm³/mol. The van der Waals surface area contributed by atoms with Gasteiger partial charge in [-0.25, -0.2) is 4.98 Å². The van der Waals surface area contributed by atoms with Gasteiger partial charge in [0.05, 0.1) is 24.5 Å². The number of piperazine rings is 1. The fraction of sp³-hybridized carbons (Fsp3) is 0.389. The standard InChI is InChI=1S/C18H22N6O/c1-13-10-15-16(12-19-13)21-18(24-7-5-23(2)6-8-24)22-17(15)20-11-14-4-3-9-25-14/h3-4,9-10,12H,5-8,11H2,1-2H3,(H,20,21,22).